The van der Waals surface area contributed by atoms with E-state index in [4.69, 9.17) is 0 Å². The van der Waals surface area contributed by atoms with Crippen LogP contribution >= 0.6 is 11.3 Å². The maximum absolute atomic E-state index is 2.48. The van der Waals surface area contributed by atoms with E-state index in [1.807, 2.05) is 11.3 Å². The Morgan fingerprint density at radius 3 is 2.02 bits per heavy atom. The van der Waals surface area contributed by atoms with Crippen LogP contribution in [0.5, 0.6) is 0 Å². The molecule has 10 aromatic rings. The molecule has 0 bridgehead atoms. The number of benzene rings is 6. The second-order valence-corrected chi connectivity index (χ2v) is 12.0. The fourth-order valence-corrected chi connectivity index (χ4v) is 8.36. The van der Waals surface area contributed by atoms with E-state index in [1.165, 1.54) is 85.6 Å². The van der Waals surface area contributed by atoms with Crippen molar-refractivity contribution in [1.82, 2.24) is 8.97 Å². The SMILES string of the molecule is c1ccc(-n2c3ccccc3c3c4c(ccc32)c2c3ccccc3cn2c2c4ccc3sc4ccccc4c32)cc1. The molecule has 0 N–H and O–H groups in total. The van der Waals surface area contributed by atoms with Gasteiger partial charge in [0.2, 0.25) is 0 Å². The van der Waals surface area contributed by atoms with E-state index in [0.717, 1.165) is 0 Å². The molecule has 0 atom stereocenters. The fraction of sp³-hybridized carbons (Fsp3) is 0. The number of pyridine rings is 1. The summed E-state index contributed by atoms with van der Waals surface area (Å²) in [5.74, 6) is 0. The van der Waals surface area contributed by atoms with Gasteiger partial charge in [-0.25, -0.2) is 0 Å². The molecular formula is C38H22N2S. The summed E-state index contributed by atoms with van der Waals surface area (Å²) < 4.78 is 7.57. The van der Waals surface area contributed by atoms with Gasteiger partial charge in [0.05, 0.1) is 22.1 Å². The van der Waals surface area contributed by atoms with Gasteiger partial charge in [0.15, 0.2) is 0 Å². The molecule has 0 aliphatic heterocycles. The number of nitrogens with zero attached hydrogens (tertiary/aromatic N) is 2. The molecule has 2 nitrogen and oxygen atoms in total. The van der Waals surface area contributed by atoms with Gasteiger partial charge in [-0.15, -0.1) is 11.3 Å². The number of para-hydroxylation sites is 2. The Labute approximate surface area is 238 Å². The quantitative estimate of drug-likeness (QED) is 0.184. The molecule has 6 aromatic carbocycles. The predicted octanol–water partition coefficient (Wildman–Crippen LogP) is 10.9. The van der Waals surface area contributed by atoms with Crippen LogP contribution in [-0.4, -0.2) is 8.97 Å². The molecular weight excluding hydrogens is 516 g/mol. The van der Waals surface area contributed by atoms with Crippen LogP contribution in [0.3, 0.4) is 0 Å². The average molecular weight is 539 g/mol. The molecule has 41 heavy (non-hydrogen) atoms. The highest BCUT2D eigenvalue weighted by Crippen LogP contribution is 2.46. The van der Waals surface area contributed by atoms with E-state index in [2.05, 4.69) is 143 Å². The molecule has 0 aliphatic carbocycles. The summed E-state index contributed by atoms with van der Waals surface area (Å²) in [6, 6.07) is 46.7. The van der Waals surface area contributed by atoms with Crippen molar-refractivity contribution in [2.75, 3.05) is 0 Å². The molecule has 4 heterocycles. The van der Waals surface area contributed by atoms with E-state index < -0.39 is 0 Å². The fourth-order valence-electron chi connectivity index (χ4n) is 7.25. The zero-order chi connectivity index (χ0) is 26.7. The highest BCUT2D eigenvalue weighted by atomic mass is 32.1. The minimum atomic E-state index is 1.18. The molecule has 3 heteroatoms. The summed E-state index contributed by atoms with van der Waals surface area (Å²) in [6.45, 7) is 0. The lowest BCUT2D eigenvalue weighted by Gasteiger charge is -2.13. The molecule has 0 fully saturated rings. The first-order valence-corrected chi connectivity index (χ1v) is 14.9. The summed E-state index contributed by atoms with van der Waals surface area (Å²) in [7, 11) is 0. The van der Waals surface area contributed by atoms with Crippen LogP contribution in [0.4, 0.5) is 0 Å². The Hall–Kier alpha value is -5.12. The van der Waals surface area contributed by atoms with E-state index in [0.29, 0.717) is 0 Å². The van der Waals surface area contributed by atoms with E-state index in [-0.39, 0.29) is 0 Å². The molecule has 0 amide bonds. The molecule has 10 rings (SSSR count). The van der Waals surface area contributed by atoms with E-state index in [9.17, 15) is 0 Å². The summed E-state index contributed by atoms with van der Waals surface area (Å²) in [5, 5.41) is 11.8. The van der Waals surface area contributed by atoms with Gasteiger partial charge in [0.25, 0.3) is 0 Å². The van der Waals surface area contributed by atoms with Crippen LogP contribution in [0.25, 0.3) is 85.6 Å². The second-order valence-electron chi connectivity index (χ2n) is 10.9. The van der Waals surface area contributed by atoms with Gasteiger partial charge in [-0.1, -0.05) is 91.0 Å². The number of thiophene rings is 1. The highest BCUT2D eigenvalue weighted by Gasteiger charge is 2.21. The number of hydrogen-bond donors (Lipinski definition) is 0. The monoisotopic (exact) mass is 538 g/mol. The zero-order valence-electron chi connectivity index (χ0n) is 22.0. The lowest BCUT2D eigenvalue weighted by Crippen LogP contribution is -1.94. The van der Waals surface area contributed by atoms with Gasteiger partial charge in [0.1, 0.15) is 0 Å². The van der Waals surface area contributed by atoms with Crippen LogP contribution in [0.1, 0.15) is 0 Å². The Kier molecular flexibility index (Phi) is 4.10. The third-order valence-electron chi connectivity index (χ3n) is 8.86. The maximum atomic E-state index is 2.48. The Morgan fingerprint density at radius 1 is 0.415 bits per heavy atom. The largest absolute Gasteiger partial charge is 0.314 e. The van der Waals surface area contributed by atoms with Crippen molar-refractivity contribution in [2.24, 2.45) is 0 Å². The van der Waals surface area contributed by atoms with Crippen LogP contribution < -0.4 is 0 Å². The minimum absolute atomic E-state index is 1.18. The van der Waals surface area contributed by atoms with Crippen molar-refractivity contribution in [3.05, 3.63) is 134 Å². The number of rotatable bonds is 1. The van der Waals surface area contributed by atoms with Gasteiger partial charge >= 0.3 is 0 Å². The van der Waals surface area contributed by atoms with Crippen molar-refractivity contribution in [3.63, 3.8) is 0 Å². The van der Waals surface area contributed by atoms with Gasteiger partial charge in [-0.05, 0) is 36.4 Å². The molecule has 0 saturated heterocycles. The third-order valence-corrected chi connectivity index (χ3v) is 10.00. The lowest BCUT2D eigenvalue weighted by molar-refractivity contribution is 1.18. The van der Waals surface area contributed by atoms with Crippen molar-refractivity contribution >= 4 is 91.3 Å². The minimum Gasteiger partial charge on any atom is -0.314 e. The van der Waals surface area contributed by atoms with Crippen LogP contribution in [0, 0.1) is 0 Å². The molecule has 0 unspecified atom stereocenters. The molecule has 0 radical (unpaired) electrons. The Morgan fingerprint density at radius 2 is 1.12 bits per heavy atom. The first kappa shape index (κ1) is 21.7. The van der Waals surface area contributed by atoms with Crippen LogP contribution in [0.15, 0.2) is 134 Å². The second kappa shape index (κ2) is 7.75. The van der Waals surface area contributed by atoms with Crippen LogP contribution in [-0.2, 0) is 0 Å². The molecule has 0 aliphatic rings. The summed E-state index contributed by atoms with van der Waals surface area (Å²) in [4.78, 5) is 0. The summed E-state index contributed by atoms with van der Waals surface area (Å²) in [5.41, 5.74) is 6.23. The molecule has 0 saturated carbocycles. The maximum Gasteiger partial charge on any atom is 0.0628 e. The number of fused-ring (bicyclic) bond motifs is 16. The Balaban J connectivity index is 1.56. The first-order chi connectivity index (χ1) is 20.4. The van der Waals surface area contributed by atoms with Gasteiger partial charge < -0.3 is 8.97 Å². The third kappa shape index (κ3) is 2.71. The average Bonchev–Trinajstić information content (AvgIpc) is 3.71. The molecule has 0 spiro atoms. The zero-order valence-corrected chi connectivity index (χ0v) is 22.8. The first-order valence-electron chi connectivity index (χ1n) is 14.0. The van der Waals surface area contributed by atoms with Crippen molar-refractivity contribution < 1.29 is 0 Å². The van der Waals surface area contributed by atoms with Gasteiger partial charge in [-0.2, -0.15) is 0 Å². The standard InChI is InChI=1S/C38H22N2S/c1-2-11-24(12-3-1)40-30-16-8-6-14-26(30)35-31(40)20-18-28-34(35)29-19-21-33-36(27-15-7-9-17-32(27)41-33)38(29)39-22-23-10-4-5-13-25(23)37(28)39/h1-22H. The molecule has 4 aromatic heterocycles. The van der Waals surface area contributed by atoms with Crippen LogP contribution in [0.2, 0.25) is 0 Å². The van der Waals surface area contributed by atoms with Crippen molar-refractivity contribution in [3.8, 4) is 5.69 Å². The van der Waals surface area contributed by atoms with E-state index >= 15 is 0 Å². The molecule has 190 valence electrons. The van der Waals surface area contributed by atoms with Crippen molar-refractivity contribution in [2.45, 2.75) is 0 Å². The summed E-state index contributed by atoms with van der Waals surface area (Å²) >= 11 is 1.89. The lowest BCUT2D eigenvalue weighted by atomic mass is 9.97. The number of hydrogen-bond acceptors (Lipinski definition) is 1. The van der Waals surface area contributed by atoms with Crippen molar-refractivity contribution in [1.29, 1.82) is 0 Å². The highest BCUT2D eigenvalue weighted by molar-refractivity contribution is 7.26. The van der Waals surface area contributed by atoms with Gasteiger partial charge in [-0.3, -0.25) is 0 Å². The predicted molar refractivity (Wildman–Crippen MR) is 177 cm³/mol. The van der Waals surface area contributed by atoms with E-state index in [1.54, 1.807) is 0 Å². The Bertz CT molecular complexity index is 2690. The number of aromatic nitrogens is 2. The normalized spacial score (nSPS) is 12.4. The van der Waals surface area contributed by atoms with Gasteiger partial charge in [0, 0.05) is 69.8 Å². The smallest absolute Gasteiger partial charge is 0.0628 e. The summed E-state index contributed by atoms with van der Waals surface area (Å²) in [6.07, 6.45) is 2.34. The topological polar surface area (TPSA) is 9.34 Å².